The average Bonchev–Trinajstić information content (AvgIpc) is 2.40. The summed E-state index contributed by atoms with van der Waals surface area (Å²) in [4.78, 5) is 24.9. The van der Waals surface area contributed by atoms with Gasteiger partial charge in [0.2, 0.25) is 11.8 Å². The van der Waals surface area contributed by atoms with Crippen LogP contribution >= 0.6 is 0 Å². The van der Waals surface area contributed by atoms with Crippen LogP contribution in [0.2, 0.25) is 0 Å². The molecule has 1 aromatic carbocycles. The summed E-state index contributed by atoms with van der Waals surface area (Å²) in [6.07, 6.45) is 1.75. The van der Waals surface area contributed by atoms with Crippen molar-refractivity contribution in [2.45, 2.75) is 31.8 Å². The molecular formula is C15H20FN3O2. The quantitative estimate of drug-likeness (QED) is 0.868. The van der Waals surface area contributed by atoms with Gasteiger partial charge in [0.15, 0.2) is 0 Å². The van der Waals surface area contributed by atoms with Crippen molar-refractivity contribution in [3.05, 3.63) is 35.6 Å². The number of carbonyl (C=O) groups excluding carboxylic acids is 2. The first-order valence-electron chi connectivity index (χ1n) is 7.03. The van der Waals surface area contributed by atoms with Crippen molar-refractivity contribution in [2.75, 3.05) is 13.1 Å². The van der Waals surface area contributed by atoms with Gasteiger partial charge in [-0.25, -0.2) is 4.39 Å². The topological polar surface area (TPSA) is 75.4 Å². The monoisotopic (exact) mass is 293 g/mol. The minimum Gasteiger partial charge on any atom is -0.368 e. The van der Waals surface area contributed by atoms with E-state index in [0.29, 0.717) is 12.1 Å². The Hall–Kier alpha value is -1.95. The number of hydrogen-bond donors (Lipinski definition) is 2. The number of halogens is 1. The second-order valence-corrected chi connectivity index (χ2v) is 5.39. The largest absolute Gasteiger partial charge is 0.368 e. The van der Waals surface area contributed by atoms with Gasteiger partial charge in [-0.1, -0.05) is 12.1 Å². The van der Waals surface area contributed by atoms with Gasteiger partial charge in [-0.2, -0.15) is 0 Å². The summed E-state index contributed by atoms with van der Waals surface area (Å²) in [5.41, 5.74) is 6.20. The van der Waals surface area contributed by atoms with Crippen LogP contribution in [0.25, 0.3) is 0 Å². The fraction of sp³-hybridized carbons (Fsp3) is 0.467. The van der Waals surface area contributed by atoms with Crippen LogP contribution < -0.4 is 11.1 Å². The molecule has 6 heteroatoms. The highest BCUT2D eigenvalue weighted by atomic mass is 19.1. The minimum absolute atomic E-state index is 0.0125. The van der Waals surface area contributed by atoms with Crippen molar-refractivity contribution in [3.63, 3.8) is 0 Å². The van der Waals surface area contributed by atoms with E-state index in [4.69, 9.17) is 5.73 Å². The molecule has 114 valence electrons. The lowest BCUT2D eigenvalue weighted by Gasteiger charge is -2.37. The molecule has 2 unspecified atom stereocenters. The standard InChI is InChI=1S/C15H20FN3O2/c1-10(20)18-13-3-2-8-19(9-13)14(15(17)21)11-4-6-12(16)7-5-11/h4-7,13-14H,2-3,8-9H2,1H3,(H2,17,21)(H,18,20). The van der Waals surface area contributed by atoms with Crippen LogP contribution in [-0.2, 0) is 9.59 Å². The molecule has 1 aromatic rings. The highest BCUT2D eigenvalue weighted by molar-refractivity contribution is 5.81. The first-order chi connectivity index (χ1) is 9.97. The van der Waals surface area contributed by atoms with Crippen LogP contribution in [0.4, 0.5) is 4.39 Å². The minimum atomic E-state index is -0.595. The first kappa shape index (κ1) is 15.4. The molecule has 0 spiro atoms. The summed E-state index contributed by atoms with van der Waals surface area (Å²) in [6.45, 7) is 2.76. The van der Waals surface area contributed by atoms with E-state index in [1.54, 1.807) is 12.1 Å². The predicted octanol–water partition coefficient (Wildman–Crippen LogP) is 0.953. The lowest BCUT2D eigenvalue weighted by Crippen LogP contribution is -2.50. The number of likely N-dealkylation sites (tertiary alicyclic amines) is 1. The van der Waals surface area contributed by atoms with Crippen molar-refractivity contribution in [1.29, 1.82) is 0 Å². The number of primary amides is 1. The van der Waals surface area contributed by atoms with Gasteiger partial charge < -0.3 is 11.1 Å². The highest BCUT2D eigenvalue weighted by Crippen LogP contribution is 2.24. The van der Waals surface area contributed by atoms with Crippen molar-refractivity contribution >= 4 is 11.8 Å². The molecule has 2 rings (SSSR count). The zero-order chi connectivity index (χ0) is 15.4. The maximum Gasteiger partial charge on any atom is 0.239 e. The molecule has 1 fully saturated rings. The molecule has 1 aliphatic rings. The molecule has 1 heterocycles. The fourth-order valence-corrected chi connectivity index (χ4v) is 2.85. The third-order valence-corrected chi connectivity index (χ3v) is 3.68. The van der Waals surface area contributed by atoms with Crippen LogP contribution in [0.3, 0.4) is 0 Å². The Balaban J connectivity index is 2.16. The van der Waals surface area contributed by atoms with Crippen molar-refractivity contribution in [3.8, 4) is 0 Å². The molecule has 2 atom stereocenters. The molecule has 2 amide bonds. The van der Waals surface area contributed by atoms with Gasteiger partial charge in [-0.15, -0.1) is 0 Å². The van der Waals surface area contributed by atoms with Gasteiger partial charge in [0, 0.05) is 19.5 Å². The molecular weight excluding hydrogens is 273 g/mol. The Morgan fingerprint density at radius 2 is 2.05 bits per heavy atom. The summed E-state index contributed by atoms with van der Waals surface area (Å²) in [5, 5.41) is 2.87. The molecule has 5 nitrogen and oxygen atoms in total. The summed E-state index contributed by atoms with van der Waals surface area (Å²) in [6, 6.07) is 5.21. The van der Waals surface area contributed by atoms with E-state index < -0.39 is 11.9 Å². The number of rotatable bonds is 4. The number of carbonyl (C=O) groups is 2. The van der Waals surface area contributed by atoms with Crippen LogP contribution in [-0.4, -0.2) is 35.8 Å². The smallest absolute Gasteiger partial charge is 0.239 e. The van der Waals surface area contributed by atoms with Crippen LogP contribution in [0.1, 0.15) is 31.4 Å². The third kappa shape index (κ3) is 4.01. The maximum atomic E-state index is 13.0. The molecule has 0 aliphatic carbocycles. The van der Waals surface area contributed by atoms with Crippen molar-refractivity contribution < 1.29 is 14.0 Å². The normalized spacial score (nSPS) is 20.8. The molecule has 0 bridgehead atoms. The van der Waals surface area contributed by atoms with E-state index >= 15 is 0 Å². The molecule has 0 aromatic heterocycles. The predicted molar refractivity (Wildman–Crippen MR) is 76.7 cm³/mol. The number of nitrogens with zero attached hydrogens (tertiary/aromatic N) is 1. The van der Waals surface area contributed by atoms with Gasteiger partial charge in [0.05, 0.1) is 0 Å². The summed E-state index contributed by atoms with van der Waals surface area (Å²) >= 11 is 0. The summed E-state index contributed by atoms with van der Waals surface area (Å²) in [7, 11) is 0. The van der Waals surface area contributed by atoms with Gasteiger partial charge in [0.25, 0.3) is 0 Å². The number of piperidine rings is 1. The molecule has 1 saturated heterocycles. The van der Waals surface area contributed by atoms with Gasteiger partial charge in [-0.3, -0.25) is 14.5 Å². The van der Waals surface area contributed by atoms with Gasteiger partial charge in [-0.05, 0) is 37.1 Å². The third-order valence-electron chi connectivity index (χ3n) is 3.68. The first-order valence-corrected chi connectivity index (χ1v) is 7.03. The van der Waals surface area contributed by atoms with Crippen LogP contribution in [0.5, 0.6) is 0 Å². The number of nitrogens with two attached hydrogens (primary N) is 1. The summed E-state index contributed by atoms with van der Waals surface area (Å²) < 4.78 is 13.0. The zero-order valence-corrected chi connectivity index (χ0v) is 12.0. The Morgan fingerprint density at radius 3 is 2.62 bits per heavy atom. The second kappa shape index (κ2) is 6.67. The maximum absolute atomic E-state index is 13.0. The van der Waals surface area contributed by atoms with Gasteiger partial charge >= 0.3 is 0 Å². The van der Waals surface area contributed by atoms with Crippen LogP contribution in [0, 0.1) is 5.82 Å². The van der Waals surface area contributed by atoms with Gasteiger partial charge in [0.1, 0.15) is 11.9 Å². The summed E-state index contributed by atoms with van der Waals surface area (Å²) in [5.74, 6) is -0.902. The average molecular weight is 293 g/mol. The van der Waals surface area contributed by atoms with E-state index in [9.17, 15) is 14.0 Å². The lowest BCUT2D eigenvalue weighted by atomic mass is 9.99. The van der Waals surface area contributed by atoms with Crippen molar-refractivity contribution in [1.82, 2.24) is 10.2 Å². The lowest BCUT2D eigenvalue weighted by molar-refractivity contribution is -0.124. The Bertz CT molecular complexity index is 518. The Kier molecular flexibility index (Phi) is 4.90. The van der Waals surface area contributed by atoms with E-state index in [1.165, 1.54) is 19.1 Å². The fourth-order valence-electron chi connectivity index (χ4n) is 2.85. The highest BCUT2D eigenvalue weighted by Gasteiger charge is 2.30. The van der Waals surface area contributed by atoms with Crippen molar-refractivity contribution in [2.24, 2.45) is 5.73 Å². The van der Waals surface area contributed by atoms with E-state index in [0.717, 1.165) is 19.4 Å². The van der Waals surface area contributed by atoms with Crippen LogP contribution in [0.15, 0.2) is 24.3 Å². The zero-order valence-electron chi connectivity index (χ0n) is 12.0. The number of hydrogen-bond acceptors (Lipinski definition) is 3. The molecule has 1 aliphatic heterocycles. The van der Waals surface area contributed by atoms with E-state index in [-0.39, 0.29) is 17.8 Å². The van der Waals surface area contributed by atoms with E-state index in [1.807, 2.05) is 4.90 Å². The molecule has 0 saturated carbocycles. The SMILES string of the molecule is CC(=O)NC1CCCN(C(C(N)=O)c2ccc(F)cc2)C1. The second-order valence-electron chi connectivity index (χ2n) is 5.39. The number of nitrogens with one attached hydrogen (secondary N) is 1. The Morgan fingerprint density at radius 1 is 1.38 bits per heavy atom. The van der Waals surface area contributed by atoms with E-state index in [2.05, 4.69) is 5.32 Å². The number of benzene rings is 1. The molecule has 3 N–H and O–H groups in total. The Labute approximate surface area is 123 Å². The number of amides is 2. The molecule has 21 heavy (non-hydrogen) atoms. The molecule has 0 radical (unpaired) electrons.